The van der Waals surface area contributed by atoms with E-state index < -0.39 is 0 Å². The summed E-state index contributed by atoms with van der Waals surface area (Å²) in [6, 6.07) is 10.7. The Labute approximate surface area is 98.2 Å². The lowest BCUT2D eigenvalue weighted by Gasteiger charge is -2.08. The van der Waals surface area contributed by atoms with Crippen LogP contribution >= 0.6 is 0 Å². The summed E-state index contributed by atoms with van der Waals surface area (Å²) in [5.74, 6) is -0.582. The van der Waals surface area contributed by atoms with E-state index in [0.717, 1.165) is 5.69 Å². The van der Waals surface area contributed by atoms with Gasteiger partial charge in [-0.15, -0.1) is 0 Å². The minimum absolute atomic E-state index is 0.137. The van der Waals surface area contributed by atoms with Crippen molar-refractivity contribution in [3.8, 4) is 11.5 Å². The Hall–Kier alpha value is -2.23. The summed E-state index contributed by atoms with van der Waals surface area (Å²) in [7, 11) is 0. The second-order valence-corrected chi connectivity index (χ2v) is 3.65. The highest BCUT2D eigenvalue weighted by Crippen LogP contribution is 2.28. The first-order valence-corrected chi connectivity index (χ1v) is 5.16. The summed E-state index contributed by atoms with van der Waals surface area (Å²) < 4.78 is 12.7. The number of rotatable bonds is 3. The van der Waals surface area contributed by atoms with E-state index in [9.17, 15) is 14.6 Å². The molecule has 0 aliphatic heterocycles. The van der Waals surface area contributed by atoms with E-state index in [2.05, 4.69) is 5.32 Å². The lowest BCUT2D eigenvalue weighted by molar-refractivity contribution is 0.400. The van der Waals surface area contributed by atoms with Gasteiger partial charge in [-0.2, -0.15) is 0 Å². The summed E-state index contributed by atoms with van der Waals surface area (Å²) in [4.78, 5) is 0. The Morgan fingerprint density at radius 1 is 1.00 bits per heavy atom. The third-order valence-electron chi connectivity index (χ3n) is 2.43. The van der Waals surface area contributed by atoms with Crippen molar-refractivity contribution in [1.82, 2.24) is 0 Å². The van der Waals surface area contributed by atoms with Gasteiger partial charge in [0.25, 0.3) is 0 Å². The predicted molar refractivity (Wildman–Crippen MR) is 63.5 cm³/mol. The van der Waals surface area contributed by atoms with Crippen molar-refractivity contribution in [2.45, 2.75) is 6.54 Å². The SMILES string of the molecule is Oc1cccc(CNc2ccc(F)cc2)c1O. The lowest BCUT2D eigenvalue weighted by atomic mass is 10.2. The molecule has 2 aromatic rings. The largest absolute Gasteiger partial charge is 0.504 e. The topological polar surface area (TPSA) is 52.5 Å². The molecule has 0 saturated heterocycles. The van der Waals surface area contributed by atoms with Crippen molar-refractivity contribution in [3.63, 3.8) is 0 Å². The minimum Gasteiger partial charge on any atom is -0.504 e. The molecule has 0 aliphatic carbocycles. The maximum Gasteiger partial charge on any atom is 0.162 e. The summed E-state index contributed by atoms with van der Waals surface area (Å²) in [5.41, 5.74) is 1.32. The molecule has 2 rings (SSSR count). The maximum atomic E-state index is 12.7. The normalized spacial score (nSPS) is 10.2. The molecule has 0 unspecified atom stereocenters. The van der Waals surface area contributed by atoms with Gasteiger partial charge in [0, 0.05) is 17.8 Å². The highest BCUT2D eigenvalue weighted by atomic mass is 19.1. The van der Waals surface area contributed by atoms with Crippen molar-refractivity contribution < 1.29 is 14.6 Å². The molecular formula is C13H12FNO2. The average Bonchev–Trinajstić information content (AvgIpc) is 2.33. The standard InChI is InChI=1S/C13H12FNO2/c14-10-4-6-11(7-5-10)15-8-9-2-1-3-12(16)13(9)17/h1-7,15-17H,8H2. The summed E-state index contributed by atoms with van der Waals surface area (Å²) in [5, 5.41) is 21.9. The van der Waals surface area contributed by atoms with Crippen LogP contribution in [0.5, 0.6) is 11.5 Å². The highest BCUT2D eigenvalue weighted by Gasteiger charge is 2.05. The van der Waals surface area contributed by atoms with E-state index >= 15 is 0 Å². The van der Waals surface area contributed by atoms with Crippen LogP contribution in [0.3, 0.4) is 0 Å². The van der Waals surface area contributed by atoms with E-state index in [0.29, 0.717) is 12.1 Å². The molecule has 0 aromatic heterocycles. The third kappa shape index (κ3) is 2.66. The van der Waals surface area contributed by atoms with Gasteiger partial charge in [0.05, 0.1) is 0 Å². The van der Waals surface area contributed by atoms with Gasteiger partial charge >= 0.3 is 0 Å². The average molecular weight is 233 g/mol. The molecule has 0 amide bonds. The fourth-order valence-electron chi connectivity index (χ4n) is 1.49. The molecule has 0 saturated carbocycles. The Morgan fingerprint density at radius 2 is 1.71 bits per heavy atom. The zero-order valence-electron chi connectivity index (χ0n) is 9.02. The zero-order chi connectivity index (χ0) is 12.3. The number of phenolic OH excluding ortho intramolecular Hbond substituents is 2. The van der Waals surface area contributed by atoms with Gasteiger partial charge in [-0.1, -0.05) is 12.1 Å². The summed E-state index contributed by atoms with van der Waals surface area (Å²) >= 11 is 0. The van der Waals surface area contributed by atoms with Crippen LogP contribution in [0.15, 0.2) is 42.5 Å². The van der Waals surface area contributed by atoms with E-state index in [1.54, 1.807) is 24.3 Å². The number of halogens is 1. The molecular weight excluding hydrogens is 221 g/mol. The molecule has 0 fully saturated rings. The van der Waals surface area contributed by atoms with E-state index in [4.69, 9.17) is 0 Å². The number of para-hydroxylation sites is 1. The second-order valence-electron chi connectivity index (χ2n) is 3.65. The fraction of sp³-hybridized carbons (Fsp3) is 0.0769. The predicted octanol–water partition coefficient (Wildman–Crippen LogP) is 2.85. The van der Waals surface area contributed by atoms with Crippen molar-refractivity contribution in [2.24, 2.45) is 0 Å². The smallest absolute Gasteiger partial charge is 0.162 e. The Kier molecular flexibility index (Phi) is 3.14. The van der Waals surface area contributed by atoms with Crippen molar-refractivity contribution in [1.29, 1.82) is 0 Å². The number of anilines is 1. The van der Waals surface area contributed by atoms with Gasteiger partial charge in [-0.25, -0.2) is 4.39 Å². The molecule has 0 spiro atoms. The van der Waals surface area contributed by atoms with Crippen LogP contribution in [0.1, 0.15) is 5.56 Å². The monoisotopic (exact) mass is 233 g/mol. The van der Waals surface area contributed by atoms with Gasteiger partial charge in [0.2, 0.25) is 0 Å². The number of phenols is 2. The van der Waals surface area contributed by atoms with Crippen LogP contribution < -0.4 is 5.32 Å². The molecule has 17 heavy (non-hydrogen) atoms. The van der Waals surface area contributed by atoms with Crippen LogP contribution in [-0.4, -0.2) is 10.2 Å². The summed E-state index contributed by atoms with van der Waals surface area (Å²) in [6.45, 7) is 0.353. The van der Waals surface area contributed by atoms with Gasteiger partial charge in [0.15, 0.2) is 11.5 Å². The Morgan fingerprint density at radius 3 is 2.41 bits per heavy atom. The second kappa shape index (κ2) is 4.74. The van der Waals surface area contributed by atoms with Crippen molar-refractivity contribution >= 4 is 5.69 Å². The van der Waals surface area contributed by atoms with Crippen LogP contribution in [0.2, 0.25) is 0 Å². The van der Waals surface area contributed by atoms with Crippen LogP contribution in [-0.2, 0) is 6.54 Å². The van der Waals surface area contributed by atoms with Crippen LogP contribution in [0.25, 0.3) is 0 Å². The molecule has 0 bridgehead atoms. The number of hydrogen-bond donors (Lipinski definition) is 3. The van der Waals surface area contributed by atoms with Crippen LogP contribution in [0.4, 0.5) is 10.1 Å². The summed E-state index contributed by atoms with van der Waals surface area (Å²) in [6.07, 6.45) is 0. The molecule has 88 valence electrons. The maximum absolute atomic E-state index is 12.7. The molecule has 3 N–H and O–H groups in total. The first kappa shape index (κ1) is 11.3. The molecule has 0 heterocycles. The molecule has 0 aliphatic rings. The number of aromatic hydroxyl groups is 2. The van der Waals surface area contributed by atoms with Gasteiger partial charge in [-0.05, 0) is 30.3 Å². The first-order valence-electron chi connectivity index (χ1n) is 5.16. The third-order valence-corrected chi connectivity index (χ3v) is 2.43. The molecule has 4 heteroatoms. The highest BCUT2D eigenvalue weighted by molar-refractivity contribution is 5.48. The van der Waals surface area contributed by atoms with Crippen LogP contribution in [0, 0.1) is 5.82 Å². The zero-order valence-corrected chi connectivity index (χ0v) is 9.02. The Balaban J connectivity index is 2.07. The fourth-order valence-corrected chi connectivity index (χ4v) is 1.49. The van der Waals surface area contributed by atoms with Gasteiger partial charge in [-0.3, -0.25) is 0 Å². The van der Waals surface area contributed by atoms with Gasteiger partial charge in [0.1, 0.15) is 5.82 Å². The number of benzene rings is 2. The number of nitrogens with one attached hydrogen (secondary N) is 1. The lowest BCUT2D eigenvalue weighted by Crippen LogP contribution is -1.99. The van der Waals surface area contributed by atoms with E-state index in [-0.39, 0.29) is 17.3 Å². The van der Waals surface area contributed by atoms with Crippen molar-refractivity contribution in [3.05, 3.63) is 53.8 Å². The molecule has 2 aromatic carbocycles. The quantitative estimate of drug-likeness (QED) is 0.714. The molecule has 3 nitrogen and oxygen atoms in total. The van der Waals surface area contributed by atoms with Gasteiger partial charge < -0.3 is 15.5 Å². The molecule has 0 radical (unpaired) electrons. The minimum atomic E-state index is -0.296. The molecule has 0 atom stereocenters. The first-order chi connectivity index (χ1) is 8.16. The van der Waals surface area contributed by atoms with Crippen molar-refractivity contribution in [2.75, 3.05) is 5.32 Å². The van der Waals surface area contributed by atoms with E-state index in [1.807, 2.05) is 0 Å². The van der Waals surface area contributed by atoms with E-state index in [1.165, 1.54) is 18.2 Å². The number of hydrogen-bond acceptors (Lipinski definition) is 3. The Bertz CT molecular complexity index is 511.